The second kappa shape index (κ2) is 6.64. The second-order valence-corrected chi connectivity index (χ2v) is 6.27. The zero-order valence-electron chi connectivity index (χ0n) is 13.3. The molecule has 0 spiro atoms. The maximum Gasteiger partial charge on any atom is 0.229 e. The average molecular weight is 358 g/mol. The number of imidazole rings is 1. The van der Waals surface area contributed by atoms with Crippen LogP contribution in [0.15, 0.2) is 30.9 Å². The van der Waals surface area contributed by atoms with E-state index < -0.39 is 0 Å². The molecular formula is C16H16ClN7O. The molecule has 3 aromatic rings. The first kappa shape index (κ1) is 15.8. The monoisotopic (exact) mass is 357 g/mol. The summed E-state index contributed by atoms with van der Waals surface area (Å²) in [6.45, 7) is 1.37. The number of halogens is 1. The van der Waals surface area contributed by atoms with Crippen molar-refractivity contribution in [2.24, 2.45) is 5.92 Å². The van der Waals surface area contributed by atoms with Gasteiger partial charge in [-0.15, -0.1) is 0 Å². The fraction of sp³-hybridized carbons (Fsp3) is 0.312. The van der Waals surface area contributed by atoms with E-state index in [1.807, 2.05) is 6.07 Å². The van der Waals surface area contributed by atoms with Gasteiger partial charge in [0.1, 0.15) is 5.52 Å². The highest BCUT2D eigenvalue weighted by Gasteiger charge is 2.28. The molecule has 2 N–H and O–H groups in total. The Labute approximate surface area is 148 Å². The normalized spacial score (nSPS) is 17.6. The lowest BCUT2D eigenvalue weighted by Crippen LogP contribution is -2.41. The SMILES string of the molecule is O=C(Nc1cccnc1)[C@@H]1CCCN(c2nc(Cl)nc3nc[nH]c23)C1. The smallest absolute Gasteiger partial charge is 0.229 e. The van der Waals surface area contributed by atoms with Crippen LogP contribution in [0.5, 0.6) is 0 Å². The molecule has 9 heteroatoms. The number of carbonyl (C=O) groups is 1. The molecule has 4 rings (SSSR count). The minimum absolute atomic E-state index is 0.0151. The van der Waals surface area contributed by atoms with Gasteiger partial charge in [0.2, 0.25) is 11.2 Å². The maximum absolute atomic E-state index is 12.6. The molecule has 8 nitrogen and oxygen atoms in total. The van der Waals surface area contributed by atoms with Crippen molar-refractivity contribution in [1.29, 1.82) is 0 Å². The third-order valence-electron chi connectivity index (χ3n) is 4.26. The number of pyridine rings is 1. The number of carbonyl (C=O) groups excluding carboxylic acids is 1. The van der Waals surface area contributed by atoms with E-state index in [2.05, 4.69) is 35.1 Å². The third kappa shape index (κ3) is 3.25. The second-order valence-electron chi connectivity index (χ2n) is 5.93. The van der Waals surface area contributed by atoms with E-state index >= 15 is 0 Å². The summed E-state index contributed by atoms with van der Waals surface area (Å²) in [7, 11) is 0. The van der Waals surface area contributed by atoms with Gasteiger partial charge in [-0.05, 0) is 36.6 Å². The molecule has 0 bridgehead atoms. The minimum Gasteiger partial charge on any atom is -0.354 e. The Morgan fingerprint density at radius 3 is 3.16 bits per heavy atom. The molecule has 4 heterocycles. The van der Waals surface area contributed by atoms with Crippen molar-refractivity contribution in [3.8, 4) is 0 Å². The van der Waals surface area contributed by atoms with Crippen LogP contribution < -0.4 is 10.2 Å². The number of piperidine rings is 1. The van der Waals surface area contributed by atoms with Crippen molar-refractivity contribution in [2.45, 2.75) is 12.8 Å². The van der Waals surface area contributed by atoms with E-state index in [-0.39, 0.29) is 17.1 Å². The van der Waals surface area contributed by atoms with Crippen LogP contribution in [-0.4, -0.2) is 43.9 Å². The van der Waals surface area contributed by atoms with Crippen LogP contribution in [0.4, 0.5) is 11.5 Å². The average Bonchev–Trinajstić information content (AvgIpc) is 3.10. The zero-order valence-corrected chi connectivity index (χ0v) is 14.1. The van der Waals surface area contributed by atoms with Gasteiger partial charge in [0, 0.05) is 19.3 Å². The lowest BCUT2D eigenvalue weighted by molar-refractivity contribution is -0.120. The van der Waals surface area contributed by atoms with Crippen molar-refractivity contribution in [1.82, 2.24) is 24.9 Å². The molecule has 0 unspecified atom stereocenters. The summed E-state index contributed by atoms with van der Waals surface area (Å²) in [5.74, 6) is 0.533. The summed E-state index contributed by atoms with van der Waals surface area (Å²) in [5, 5.41) is 3.07. The van der Waals surface area contributed by atoms with E-state index in [0.29, 0.717) is 23.7 Å². The number of hydrogen-bond donors (Lipinski definition) is 2. The largest absolute Gasteiger partial charge is 0.354 e. The van der Waals surface area contributed by atoms with Gasteiger partial charge in [-0.3, -0.25) is 9.78 Å². The van der Waals surface area contributed by atoms with Crippen molar-refractivity contribution in [3.63, 3.8) is 0 Å². The Morgan fingerprint density at radius 1 is 1.40 bits per heavy atom. The molecule has 1 aliphatic heterocycles. The number of aromatic nitrogens is 5. The number of hydrogen-bond acceptors (Lipinski definition) is 6. The Bertz CT molecular complexity index is 898. The van der Waals surface area contributed by atoms with Crippen LogP contribution in [0.3, 0.4) is 0 Å². The summed E-state index contributed by atoms with van der Waals surface area (Å²) >= 11 is 6.02. The van der Waals surface area contributed by atoms with E-state index in [9.17, 15) is 4.79 Å². The van der Waals surface area contributed by atoms with Crippen LogP contribution >= 0.6 is 11.6 Å². The Morgan fingerprint density at radius 2 is 2.32 bits per heavy atom. The van der Waals surface area contributed by atoms with Gasteiger partial charge >= 0.3 is 0 Å². The fourth-order valence-corrected chi connectivity index (χ4v) is 3.25. The minimum atomic E-state index is -0.138. The first-order valence-electron chi connectivity index (χ1n) is 8.03. The number of nitrogens with one attached hydrogen (secondary N) is 2. The highest BCUT2D eigenvalue weighted by atomic mass is 35.5. The number of rotatable bonds is 3. The summed E-state index contributed by atoms with van der Waals surface area (Å²) in [6.07, 6.45) is 6.59. The summed E-state index contributed by atoms with van der Waals surface area (Å²) < 4.78 is 0. The fourth-order valence-electron chi connectivity index (χ4n) is 3.09. The molecular weight excluding hydrogens is 342 g/mol. The third-order valence-corrected chi connectivity index (χ3v) is 4.43. The number of aromatic amines is 1. The molecule has 3 aromatic heterocycles. The van der Waals surface area contributed by atoms with Gasteiger partial charge in [-0.25, -0.2) is 4.98 Å². The Kier molecular flexibility index (Phi) is 4.19. The molecule has 0 aliphatic carbocycles. The molecule has 25 heavy (non-hydrogen) atoms. The number of H-pyrrole nitrogens is 1. The quantitative estimate of drug-likeness (QED) is 0.697. The molecule has 1 amide bonds. The lowest BCUT2D eigenvalue weighted by atomic mass is 9.97. The predicted octanol–water partition coefficient (Wildman–Crippen LogP) is 2.26. The van der Waals surface area contributed by atoms with Gasteiger partial charge in [0.25, 0.3) is 0 Å². The van der Waals surface area contributed by atoms with E-state index in [4.69, 9.17) is 11.6 Å². The molecule has 1 aliphatic rings. The van der Waals surface area contributed by atoms with Gasteiger partial charge in [0.15, 0.2) is 11.5 Å². The van der Waals surface area contributed by atoms with Crippen molar-refractivity contribution in [3.05, 3.63) is 36.1 Å². The lowest BCUT2D eigenvalue weighted by Gasteiger charge is -2.32. The molecule has 1 saturated heterocycles. The Hall–Kier alpha value is -2.74. The van der Waals surface area contributed by atoms with Crippen LogP contribution in [0.1, 0.15) is 12.8 Å². The summed E-state index contributed by atoms with van der Waals surface area (Å²) in [5.41, 5.74) is 1.96. The van der Waals surface area contributed by atoms with Gasteiger partial charge in [-0.2, -0.15) is 9.97 Å². The van der Waals surface area contributed by atoms with Crippen LogP contribution in [0.25, 0.3) is 11.2 Å². The Balaban J connectivity index is 1.54. The molecule has 1 fully saturated rings. The molecule has 128 valence electrons. The van der Waals surface area contributed by atoms with Crippen LogP contribution in [-0.2, 0) is 4.79 Å². The zero-order chi connectivity index (χ0) is 17.2. The summed E-state index contributed by atoms with van der Waals surface area (Å²) in [4.78, 5) is 34.3. The number of nitrogens with zero attached hydrogens (tertiary/aromatic N) is 5. The molecule has 1 atom stereocenters. The molecule has 0 radical (unpaired) electrons. The first-order valence-corrected chi connectivity index (χ1v) is 8.41. The van der Waals surface area contributed by atoms with Crippen molar-refractivity contribution >= 4 is 40.2 Å². The topological polar surface area (TPSA) is 99.7 Å². The first-order chi connectivity index (χ1) is 12.2. The van der Waals surface area contributed by atoms with Crippen LogP contribution in [0, 0.1) is 5.92 Å². The number of fused-ring (bicyclic) bond motifs is 1. The molecule has 0 saturated carbocycles. The summed E-state index contributed by atoms with van der Waals surface area (Å²) in [6, 6.07) is 3.62. The maximum atomic E-state index is 12.6. The van der Waals surface area contributed by atoms with Gasteiger partial charge in [0.05, 0.1) is 24.1 Å². The number of amides is 1. The highest BCUT2D eigenvalue weighted by Crippen LogP contribution is 2.28. The van der Waals surface area contributed by atoms with E-state index in [1.165, 1.54) is 0 Å². The molecule has 0 aromatic carbocycles. The highest BCUT2D eigenvalue weighted by molar-refractivity contribution is 6.28. The van der Waals surface area contributed by atoms with E-state index in [1.54, 1.807) is 24.8 Å². The van der Waals surface area contributed by atoms with Gasteiger partial charge in [-0.1, -0.05) is 0 Å². The van der Waals surface area contributed by atoms with Crippen molar-refractivity contribution < 1.29 is 4.79 Å². The van der Waals surface area contributed by atoms with E-state index in [0.717, 1.165) is 24.9 Å². The van der Waals surface area contributed by atoms with Crippen LogP contribution in [0.2, 0.25) is 5.28 Å². The van der Waals surface area contributed by atoms with Crippen molar-refractivity contribution in [2.75, 3.05) is 23.3 Å². The number of anilines is 2. The standard InChI is InChI=1S/C16H16ClN7O/c17-16-22-13-12(19-9-20-13)14(23-16)24-6-2-3-10(8-24)15(25)21-11-4-1-5-18-7-11/h1,4-5,7,9-10H,2-3,6,8H2,(H,21,25)(H,19,20,22,23)/t10-/m1/s1. The predicted molar refractivity (Wildman–Crippen MR) is 94.5 cm³/mol. The van der Waals surface area contributed by atoms with Gasteiger partial charge < -0.3 is 15.2 Å².